The summed E-state index contributed by atoms with van der Waals surface area (Å²) in [5.74, 6) is -0.734. The molecule has 1 aliphatic rings. The normalized spacial score (nSPS) is 20.6. The maximum absolute atomic E-state index is 12.4. The molecule has 3 unspecified atom stereocenters. The maximum Gasteiger partial charge on any atom is 0.407 e. The van der Waals surface area contributed by atoms with Gasteiger partial charge in [-0.05, 0) is 46.1 Å². The summed E-state index contributed by atoms with van der Waals surface area (Å²) in [5.41, 5.74) is 0.519. The molecule has 176 valence electrons. The first-order chi connectivity index (χ1) is 15.0. The predicted molar refractivity (Wildman–Crippen MR) is 120 cm³/mol. The van der Waals surface area contributed by atoms with Gasteiger partial charge in [-0.3, -0.25) is 0 Å². The van der Waals surface area contributed by atoms with E-state index in [2.05, 4.69) is 17.2 Å². The number of nitrogens with one attached hydrogen (secondary N) is 2. The molecule has 0 heterocycles. The summed E-state index contributed by atoms with van der Waals surface area (Å²) in [6.07, 6.45) is 0.382. The predicted octanol–water partition coefficient (Wildman–Crippen LogP) is 4.09. The summed E-state index contributed by atoms with van der Waals surface area (Å²) < 4.78 is 16.3. The summed E-state index contributed by atoms with van der Waals surface area (Å²) in [5, 5.41) is 5.57. The van der Waals surface area contributed by atoms with Gasteiger partial charge in [0.2, 0.25) is 0 Å². The largest absolute Gasteiger partial charge is 0.456 e. The van der Waals surface area contributed by atoms with Crippen molar-refractivity contribution < 1.29 is 28.6 Å². The molecule has 2 rings (SSSR count). The highest BCUT2D eigenvalue weighted by Gasteiger charge is 2.38. The molecule has 0 radical (unpaired) electrons. The molecular weight excluding hydrogens is 412 g/mol. The first-order valence-corrected chi connectivity index (χ1v) is 10.9. The summed E-state index contributed by atoms with van der Waals surface area (Å²) in [6, 6.07) is 8.91. The van der Waals surface area contributed by atoms with Crippen molar-refractivity contribution >= 4 is 18.2 Å². The first-order valence-electron chi connectivity index (χ1n) is 10.9. The molecule has 0 aromatic heterocycles. The van der Waals surface area contributed by atoms with E-state index in [1.807, 2.05) is 30.3 Å². The Labute approximate surface area is 189 Å². The molecule has 1 aliphatic carbocycles. The van der Waals surface area contributed by atoms with Crippen molar-refractivity contribution in [2.75, 3.05) is 6.54 Å². The van der Waals surface area contributed by atoms with E-state index >= 15 is 0 Å². The number of hydrogen-bond acceptors (Lipinski definition) is 6. The second kappa shape index (κ2) is 11.5. The van der Waals surface area contributed by atoms with E-state index in [0.29, 0.717) is 6.42 Å². The molecule has 0 spiro atoms. The quantitative estimate of drug-likeness (QED) is 0.371. The molecule has 1 saturated carbocycles. The minimum atomic E-state index is -0.632. The van der Waals surface area contributed by atoms with Crippen LogP contribution in [0.3, 0.4) is 0 Å². The van der Waals surface area contributed by atoms with Crippen LogP contribution in [0.25, 0.3) is 0 Å². The van der Waals surface area contributed by atoms with Crippen molar-refractivity contribution in [3.05, 3.63) is 48.0 Å². The molecular formula is C24H34N2O6. The highest BCUT2D eigenvalue weighted by molar-refractivity contribution is 5.87. The van der Waals surface area contributed by atoms with Crippen LogP contribution in [-0.4, -0.2) is 42.4 Å². The number of hydrogen-bond donors (Lipinski definition) is 2. The van der Waals surface area contributed by atoms with Gasteiger partial charge in [0, 0.05) is 18.0 Å². The summed E-state index contributed by atoms with van der Waals surface area (Å²) >= 11 is 0. The average Bonchev–Trinajstić information content (AvgIpc) is 2.71. The molecule has 2 amide bonds. The number of esters is 1. The number of rotatable bonds is 7. The van der Waals surface area contributed by atoms with E-state index in [1.165, 1.54) is 0 Å². The van der Waals surface area contributed by atoms with Crippen molar-refractivity contribution in [2.45, 2.75) is 71.3 Å². The van der Waals surface area contributed by atoms with E-state index in [4.69, 9.17) is 14.2 Å². The Morgan fingerprint density at radius 1 is 1.09 bits per heavy atom. The highest BCUT2D eigenvalue weighted by Crippen LogP contribution is 2.28. The standard InChI is InChI=1S/C24H34N2O6/c1-16(2)21(27)31-20-18(14-25-22(28)32-24(3,4)5)12-9-13-19(20)26-23(29)30-15-17-10-7-6-8-11-17/h6-8,10-11,18-20H,1,9,12-15H2,2-5H3,(H,25,28)(H,26,29). The van der Waals surface area contributed by atoms with E-state index in [-0.39, 0.29) is 24.6 Å². The Kier molecular flexibility index (Phi) is 9.11. The van der Waals surface area contributed by atoms with Crippen LogP contribution in [0.2, 0.25) is 0 Å². The van der Waals surface area contributed by atoms with Gasteiger partial charge < -0.3 is 24.8 Å². The molecule has 32 heavy (non-hydrogen) atoms. The lowest BCUT2D eigenvalue weighted by atomic mass is 9.82. The topological polar surface area (TPSA) is 103 Å². The zero-order chi connectivity index (χ0) is 23.7. The van der Waals surface area contributed by atoms with Crippen molar-refractivity contribution in [1.82, 2.24) is 10.6 Å². The van der Waals surface area contributed by atoms with E-state index in [9.17, 15) is 14.4 Å². The first kappa shape index (κ1) is 25.2. The molecule has 8 heteroatoms. The Hall–Kier alpha value is -3.03. The van der Waals surface area contributed by atoms with Gasteiger partial charge >= 0.3 is 18.2 Å². The lowest BCUT2D eigenvalue weighted by molar-refractivity contribution is -0.150. The summed E-state index contributed by atoms with van der Waals surface area (Å²) in [7, 11) is 0. The molecule has 1 aromatic carbocycles. The Morgan fingerprint density at radius 2 is 1.78 bits per heavy atom. The molecule has 0 aliphatic heterocycles. The molecule has 1 aromatic rings. The minimum absolute atomic E-state index is 0.138. The number of alkyl carbamates (subject to hydrolysis) is 2. The van der Waals surface area contributed by atoms with Gasteiger partial charge in [-0.15, -0.1) is 0 Å². The van der Waals surface area contributed by atoms with Crippen LogP contribution in [0.1, 0.15) is 52.5 Å². The van der Waals surface area contributed by atoms with Crippen molar-refractivity contribution in [1.29, 1.82) is 0 Å². The van der Waals surface area contributed by atoms with Crippen LogP contribution in [0, 0.1) is 5.92 Å². The van der Waals surface area contributed by atoms with Gasteiger partial charge in [-0.2, -0.15) is 0 Å². The molecule has 3 atom stereocenters. The third kappa shape index (κ3) is 8.61. The number of carbonyl (C=O) groups is 3. The van der Waals surface area contributed by atoms with Crippen molar-refractivity contribution in [3.63, 3.8) is 0 Å². The van der Waals surface area contributed by atoms with E-state index < -0.39 is 35.9 Å². The zero-order valence-corrected chi connectivity index (χ0v) is 19.3. The van der Waals surface area contributed by atoms with E-state index in [0.717, 1.165) is 18.4 Å². The molecule has 0 saturated heterocycles. The second-order valence-corrected chi connectivity index (χ2v) is 9.04. The average molecular weight is 447 g/mol. The fourth-order valence-corrected chi connectivity index (χ4v) is 3.48. The van der Waals surface area contributed by atoms with Crippen LogP contribution < -0.4 is 10.6 Å². The van der Waals surface area contributed by atoms with Gasteiger partial charge in [0.05, 0.1) is 6.04 Å². The van der Waals surface area contributed by atoms with Crippen LogP contribution in [-0.2, 0) is 25.6 Å². The number of amides is 2. The van der Waals surface area contributed by atoms with Crippen molar-refractivity contribution in [2.24, 2.45) is 5.92 Å². The smallest absolute Gasteiger partial charge is 0.407 e. The van der Waals surface area contributed by atoms with Crippen molar-refractivity contribution in [3.8, 4) is 0 Å². The maximum atomic E-state index is 12.4. The Balaban J connectivity index is 2.01. The monoisotopic (exact) mass is 446 g/mol. The van der Waals surface area contributed by atoms with Gasteiger partial charge in [0.1, 0.15) is 18.3 Å². The molecule has 8 nitrogen and oxygen atoms in total. The van der Waals surface area contributed by atoms with Crippen LogP contribution >= 0.6 is 0 Å². The molecule has 0 bridgehead atoms. The fraction of sp³-hybridized carbons (Fsp3) is 0.542. The third-order valence-electron chi connectivity index (χ3n) is 4.97. The Bertz CT molecular complexity index is 802. The summed E-state index contributed by atoms with van der Waals surface area (Å²) in [6.45, 7) is 10.9. The lowest BCUT2D eigenvalue weighted by Crippen LogP contribution is -2.53. The van der Waals surface area contributed by atoms with Gasteiger partial charge in [0.15, 0.2) is 0 Å². The van der Waals surface area contributed by atoms with Crippen LogP contribution in [0.5, 0.6) is 0 Å². The SMILES string of the molecule is C=C(C)C(=O)OC1C(CNC(=O)OC(C)(C)C)CCCC1NC(=O)OCc1ccccc1. The van der Waals surface area contributed by atoms with Gasteiger partial charge in [-0.25, -0.2) is 14.4 Å². The molecule has 2 N–H and O–H groups in total. The van der Waals surface area contributed by atoms with Crippen LogP contribution in [0.15, 0.2) is 42.5 Å². The number of carbonyl (C=O) groups excluding carboxylic acids is 3. The fourth-order valence-electron chi connectivity index (χ4n) is 3.48. The zero-order valence-electron chi connectivity index (χ0n) is 19.3. The molecule has 1 fully saturated rings. The van der Waals surface area contributed by atoms with Crippen LogP contribution in [0.4, 0.5) is 9.59 Å². The summed E-state index contributed by atoms with van der Waals surface area (Å²) in [4.78, 5) is 36.7. The lowest BCUT2D eigenvalue weighted by Gasteiger charge is -2.37. The van der Waals surface area contributed by atoms with Gasteiger partial charge in [0.25, 0.3) is 0 Å². The van der Waals surface area contributed by atoms with Gasteiger partial charge in [-0.1, -0.05) is 43.3 Å². The number of ether oxygens (including phenoxy) is 3. The third-order valence-corrected chi connectivity index (χ3v) is 4.97. The second-order valence-electron chi connectivity index (χ2n) is 9.04. The van der Waals surface area contributed by atoms with E-state index in [1.54, 1.807) is 27.7 Å². The minimum Gasteiger partial charge on any atom is -0.456 e. The Morgan fingerprint density at radius 3 is 2.41 bits per heavy atom. The highest BCUT2D eigenvalue weighted by atomic mass is 16.6. The number of benzene rings is 1.